The van der Waals surface area contributed by atoms with E-state index in [1.807, 2.05) is 18.4 Å². The highest BCUT2D eigenvalue weighted by Gasteiger charge is 2.17. The van der Waals surface area contributed by atoms with Crippen LogP contribution in [-0.4, -0.2) is 50.6 Å². The Hall–Kier alpha value is -1.07. The summed E-state index contributed by atoms with van der Waals surface area (Å²) >= 11 is 1.81. The second-order valence-corrected chi connectivity index (χ2v) is 7.41. The lowest BCUT2D eigenvalue weighted by Crippen LogP contribution is -2.40. The van der Waals surface area contributed by atoms with Crippen molar-refractivity contribution in [1.82, 2.24) is 15.5 Å². The van der Waals surface area contributed by atoms with Gasteiger partial charge in [0.05, 0.1) is 0 Å². The molecule has 2 rings (SSSR count). The molecule has 0 radical (unpaired) electrons. The van der Waals surface area contributed by atoms with Crippen LogP contribution in [0.25, 0.3) is 0 Å². The van der Waals surface area contributed by atoms with Crippen molar-refractivity contribution in [3.05, 3.63) is 22.4 Å². The van der Waals surface area contributed by atoms with E-state index in [0.717, 1.165) is 31.5 Å². The average molecular weight is 337 g/mol. The van der Waals surface area contributed by atoms with Crippen LogP contribution >= 0.6 is 11.3 Å². The van der Waals surface area contributed by atoms with Gasteiger partial charge in [0.15, 0.2) is 5.96 Å². The van der Waals surface area contributed by atoms with Crippen molar-refractivity contribution in [1.29, 1.82) is 0 Å². The van der Waals surface area contributed by atoms with Gasteiger partial charge in [0, 0.05) is 31.1 Å². The molecule has 1 fully saturated rings. The molecule has 1 saturated carbocycles. The normalized spacial score (nSPS) is 16.7. The molecule has 0 bridgehead atoms. The zero-order chi connectivity index (χ0) is 16.3. The highest BCUT2D eigenvalue weighted by Crippen LogP contribution is 2.21. The molecule has 1 aromatic rings. The summed E-state index contributed by atoms with van der Waals surface area (Å²) in [5, 5.41) is 8.94. The van der Waals surface area contributed by atoms with E-state index in [4.69, 9.17) is 0 Å². The highest BCUT2D eigenvalue weighted by atomic mass is 32.1. The van der Waals surface area contributed by atoms with Crippen molar-refractivity contribution in [2.24, 2.45) is 4.99 Å². The maximum absolute atomic E-state index is 4.30. The van der Waals surface area contributed by atoms with Crippen LogP contribution < -0.4 is 10.6 Å². The van der Waals surface area contributed by atoms with Gasteiger partial charge in [-0.1, -0.05) is 25.3 Å². The van der Waals surface area contributed by atoms with Crippen LogP contribution in [-0.2, 0) is 6.42 Å². The van der Waals surface area contributed by atoms with Crippen LogP contribution in [0.2, 0.25) is 0 Å². The van der Waals surface area contributed by atoms with Gasteiger partial charge in [-0.25, -0.2) is 0 Å². The summed E-state index contributed by atoms with van der Waals surface area (Å²) in [6.07, 6.45) is 9.24. The standard InChI is InChI=1S/C18H32N4S/c1-19-18(21-13-11-17-10-6-15-23-17)20-12-7-14-22(2)16-8-4-3-5-9-16/h6,10,15-16H,3-5,7-9,11-14H2,1-2H3,(H2,19,20,21). The molecule has 0 saturated heterocycles. The smallest absolute Gasteiger partial charge is 0.190 e. The van der Waals surface area contributed by atoms with Crippen molar-refractivity contribution < 1.29 is 0 Å². The molecule has 0 spiro atoms. The van der Waals surface area contributed by atoms with E-state index in [9.17, 15) is 0 Å². The van der Waals surface area contributed by atoms with Gasteiger partial charge < -0.3 is 15.5 Å². The Morgan fingerprint density at radius 3 is 2.74 bits per heavy atom. The summed E-state index contributed by atoms with van der Waals surface area (Å²) < 4.78 is 0. The van der Waals surface area contributed by atoms with Crippen molar-refractivity contribution in [2.45, 2.75) is 51.0 Å². The molecular formula is C18H32N4S. The fourth-order valence-corrected chi connectivity index (χ4v) is 3.93. The molecule has 0 atom stereocenters. The first kappa shape index (κ1) is 18.3. The summed E-state index contributed by atoms with van der Waals surface area (Å²) in [4.78, 5) is 8.27. The molecule has 2 N–H and O–H groups in total. The van der Waals surface area contributed by atoms with Crippen LogP contribution in [0.15, 0.2) is 22.5 Å². The maximum Gasteiger partial charge on any atom is 0.190 e. The van der Waals surface area contributed by atoms with E-state index < -0.39 is 0 Å². The number of thiophene rings is 1. The molecule has 0 amide bonds. The van der Waals surface area contributed by atoms with Gasteiger partial charge in [0.1, 0.15) is 0 Å². The number of guanidine groups is 1. The Morgan fingerprint density at radius 2 is 2.04 bits per heavy atom. The third-order valence-electron chi connectivity index (χ3n) is 4.65. The maximum atomic E-state index is 4.30. The van der Waals surface area contributed by atoms with Crippen molar-refractivity contribution in [3.63, 3.8) is 0 Å². The molecule has 130 valence electrons. The summed E-state index contributed by atoms with van der Waals surface area (Å²) in [6, 6.07) is 5.10. The first-order valence-corrected chi connectivity index (χ1v) is 9.84. The average Bonchev–Trinajstić information content (AvgIpc) is 3.11. The van der Waals surface area contributed by atoms with Gasteiger partial charge in [-0.15, -0.1) is 11.3 Å². The SMILES string of the molecule is CN=C(NCCCN(C)C1CCCCC1)NCCc1cccs1. The van der Waals surface area contributed by atoms with Crippen molar-refractivity contribution >= 4 is 17.3 Å². The summed E-state index contributed by atoms with van der Waals surface area (Å²) in [7, 11) is 4.12. The lowest BCUT2D eigenvalue weighted by Gasteiger charge is -2.31. The first-order chi connectivity index (χ1) is 11.3. The predicted octanol–water partition coefficient (Wildman–Crippen LogP) is 3.11. The monoisotopic (exact) mass is 336 g/mol. The van der Waals surface area contributed by atoms with Gasteiger partial charge in [-0.2, -0.15) is 0 Å². The minimum atomic E-state index is 0.812. The highest BCUT2D eigenvalue weighted by molar-refractivity contribution is 7.09. The van der Waals surface area contributed by atoms with Crippen LogP contribution in [0.1, 0.15) is 43.4 Å². The van der Waals surface area contributed by atoms with Crippen LogP contribution in [0.5, 0.6) is 0 Å². The minimum Gasteiger partial charge on any atom is -0.356 e. The Bertz CT molecular complexity index is 438. The topological polar surface area (TPSA) is 39.7 Å². The summed E-state index contributed by atoms with van der Waals surface area (Å²) in [6.45, 7) is 3.09. The second kappa shape index (κ2) is 10.7. The molecule has 1 aliphatic carbocycles. The molecule has 0 aliphatic heterocycles. The number of hydrogen-bond donors (Lipinski definition) is 2. The Kier molecular flexibility index (Phi) is 8.47. The van der Waals surface area contributed by atoms with Crippen LogP contribution in [0.4, 0.5) is 0 Å². The Morgan fingerprint density at radius 1 is 1.26 bits per heavy atom. The van der Waals surface area contributed by atoms with Crippen LogP contribution in [0.3, 0.4) is 0 Å². The van der Waals surface area contributed by atoms with Gasteiger partial charge in [-0.05, 0) is 50.7 Å². The van der Waals surface area contributed by atoms with Gasteiger partial charge in [0.2, 0.25) is 0 Å². The number of hydrogen-bond acceptors (Lipinski definition) is 3. The quantitative estimate of drug-likeness (QED) is 0.435. The third-order valence-corrected chi connectivity index (χ3v) is 5.58. The lowest BCUT2D eigenvalue weighted by atomic mass is 9.94. The summed E-state index contributed by atoms with van der Waals surface area (Å²) in [5.41, 5.74) is 0. The number of rotatable bonds is 8. The van der Waals surface area contributed by atoms with Gasteiger partial charge >= 0.3 is 0 Å². The van der Waals surface area contributed by atoms with Gasteiger partial charge in [-0.3, -0.25) is 4.99 Å². The minimum absolute atomic E-state index is 0.812. The Balaban J connectivity index is 1.54. The first-order valence-electron chi connectivity index (χ1n) is 8.96. The fourth-order valence-electron chi connectivity index (χ4n) is 3.22. The molecular weight excluding hydrogens is 304 g/mol. The fraction of sp³-hybridized carbons (Fsp3) is 0.722. The molecule has 1 aliphatic rings. The predicted molar refractivity (Wildman–Crippen MR) is 102 cm³/mol. The van der Waals surface area contributed by atoms with E-state index in [2.05, 4.69) is 45.1 Å². The molecule has 23 heavy (non-hydrogen) atoms. The number of aliphatic imine (C=N–C) groups is 1. The second-order valence-electron chi connectivity index (χ2n) is 6.38. The molecule has 4 nitrogen and oxygen atoms in total. The molecule has 0 unspecified atom stereocenters. The zero-order valence-corrected chi connectivity index (χ0v) is 15.5. The largest absolute Gasteiger partial charge is 0.356 e. The van der Waals surface area contributed by atoms with E-state index in [0.29, 0.717) is 0 Å². The van der Waals surface area contributed by atoms with Gasteiger partial charge in [0.25, 0.3) is 0 Å². The molecule has 1 heterocycles. The number of nitrogens with zero attached hydrogens (tertiary/aromatic N) is 2. The molecule has 1 aromatic heterocycles. The van der Waals surface area contributed by atoms with E-state index in [-0.39, 0.29) is 0 Å². The van der Waals surface area contributed by atoms with Crippen molar-refractivity contribution in [2.75, 3.05) is 33.7 Å². The molecule has 0 aromatic carbocycles. The van der Waals surface area contributed by atoms with E-state index in [1.165, 1.54) is 49.9 Å². The van der Waals surface area contributed by atoms with E-state index in [1.54, 1.807) is 0 Å². The summed E-state index contributed by atoms with van der Waals surface area (Å²) in [5.74, 6) is 0.918. The Labute approximate surface area is 145 Å². The number of nitrogens with one attached hydrogen (secondary N) is 2. The zero-order valence-electron chi connectivity index (χ0n) is 14.7. The third kappa shape index (κ3) is 6.92. The lowest BCUT2D eigenvalue weighted by molar-refractivity contribution is 0.190. The molecule has 5 heteroatoms. The van der Waals surface area contributed by atoms with E-state index >= 15 is 0 Å². The van der Waals surface area contributed by atoms with Crippen molar-refractivity contribution in [3.8, 4) is 0 Å². The van der Waals surface area contributed by atoms with Crippen LogP contribution in [0, 0.1) is 0 Å².